The van der Waals surface area contributed by atoms with Crippen molar-refractivity contribution in [3.05, 3.63) is 112 Å². The summed E-state index contributed by atoms with van der Waals surface area (Å²) in [6.07, 6.45) is 0.562. The van der Waals surface area contributed by atoms with Gasteiger partial charge in [-0.05, 0) is 86.8 Å². The number of piperazine rings is 1. The summed E-state index contributed by atoms with van der Waals surface area (Å²) in [6, 6.07) is 6.51. The van der Waals surface area contributed by atoms with E-state index in [1.165, 1.54) is 35.1 Å². The Morgan fingerprint density at radius 3 is 1.45 bits per heavy atom. The van der Waals surface area contributed by atoms with E-state index in [2.05, 4.69) is 20.6 Å². The van der Waals surface area contributed by atoms with Crippen LogP contribution in [0.4, 0.5) is 53.0 Å². The van der Waals surface area contributed by atoms with Gasteiger partial charge in [0.2, 0.25) is 11.8 Å². The van der Waals surface area contributed by atoms with Crippen molar-refractivity contribution in [2.24, 2.45) is 11.8 Å². The van der Waals surface area contributed by atoms with E-state index in [0.717, 1.165) is 24.3 Å². The number of carboxylic acid groups (broad SMARTS) is 1. The number of H-pyrrole nitrogens is 2. The minimum Gasteiger partial charge on any atom is -0.465 e. The van der Waals surface area contributed by atoms with E-state index >= 15 is 17.6 Å². The van der Waals surface area contributed by atoms with E-state index in [1.54, 1.807) is 54.5 Å². The summed E-state index contributed by atoms with van der Waals surface area (Å²) in [7, 11) is 1.21. The molecule has 4 fully saturated rings. The Balaban J connectivity index is 0.999. The van der Waals surface area contributed by atoms with Crippen LogP contribution in [0.25, 0.3) is 22.1 Å². The maximum absolute atomic E-state index is 16.9. The number of nitrogens with one attached hydrogen (secondary N) is 4. The standard InChI is InChI=1S/C55H61F6N11O6/c1-27(2)46(66-54(75)76)52(73)70-15-7-11-44(70)50-62-38-23-30(34(58)25-40(38)64-50)42-13-14-43(72(42)29-21-36(60)49(37(61)22-29)69-19-17-68(18-20-69)48-32(56)9-6-10-33(48)57)31-24-39-41(26-35(31)59)65-51(63-39)45-12-8-16-71(45)53(74)47(28(3)4)67-55(77)78-5/h6,9-10,21-28,42-47,66H,7-8,11-20H2,1-5H3,(H,62,64)(H,63,65)(H,67,77)(H,75,76)/t42-,43-,44+,45+,46+,47+/m1/s1. The highest BCUT2D eigenvalue weighted by Crippen LogP contribution is 2.50. The molecule has 0 radical (unpaired) electrons. The number of halogens is 6. The zero-order valence-electron chi connectivity index (χ0n) is 43.7. The van der Waals surface area contributed by atoms with Crippen LogP contribution in [-0.2, 0) is 14.3 Å². The van der Waals surface area contributed by atoms with Crippen LogP contribution in [0.1, 0.15) is 113 Å². The number of amides is 4. The number of aromatic amines is 2. The summed E-state index contributed by atoms with van der Waals surface area (Å²) in [5.41, 5.74) is 0.929. The summed E-state index contributed by atoms with van der Waals surface area (Å²) in [4.78, 5) is 75.3. The molecular weight excluding hydrogens is 1020 g/mol. The molecule has 0 aliphatic carbocycles. The van der Waals surface area contributed by atoms with Crippen LogP contribution in [-0.4, -0.2) is 117 Å². The number of para-hydroxylation sites is 1. The molecule has 4 aliphatic heterocycles. The molecule has 4 amide bonds. The second kappa shape index (κ2) is 21.6. The van der Waals surface area contributed by atoms with Crippen molar-refractivity contribution in [2.75, 3.05) is 61.1 Å². The number of fused-ring (bicyclic) bond motifs is 2. The Morgan fingerprint density at radius 1 is 0.590 bits per heavy atom. The number of imidazole rings is 2. The molecule has 10 rings (SSSR count). The second-order valence-corrected chi connectivity index (χ2v) is 21.3. The average Bonchev–Trinajstić information content (AvgIpc) is 4.45. The van der Waals surface area contributed by atoms with Gasteiger partial charge in [0.1, 0.15) is 58.4 Å². The lowest BCUT2D eigenvalue weighted by Crippen LogP contribution is -2.51. The number of carbonyl (C=O) groups is 4. The van der Waals surface area contributed by atoms with Crippen molar-refractivity contribution in [3.8, 4) is 0 Å². The first-order valence-corrected chi connectivity index (χ1v) is 26.4. The van der Waals surface area contributed by atoms with Crippen LogP contribution in [0.3, 0.4) is 0 Å². The van der Waals surface area contributed by atoms with Crippen LogP contribution in [0.5, 0.6) is 0 Å². The third kappa shape index (κ3) is 10.1. The second-order valence-electron chi connectivity index (χ2n) is 21.3. The predicted molar refractivity (Wildman–Crippen MR) is 278 cm³/mol. The van der Waals surface area contributed by atoms with Gasteiger partial charge in [-0.2, -0.15) is 0 Å². The number of aromatic nitrogens is 4. The first-order chi connectivity index (χ1) is 37.3. The Bertz CT molecular complexity index is 3250. The number of hydrogen-bond acceptors (Lipinski definition) is 10. The number of benzene rings is 4. The molecule has 0 saturated carbocycles. The van der Waals surface area contributed by atoms with Crippen molar-refractivity contribution in [1.29, 1.82) is 0 Å². The molecule has 6 heterocycles. The van der Waals surface area contributed by atoms with E-state index in [9.17, 15) is 33.1 Å². The van der Waals surface area contributed by atoms with Crippen LogP contribution >= 0.6 is 0 Å². The highest BCUT2D eigenvalue weighted by molar-refractivity contribution is 5.87. The smallest absolute Gasteiger partial charge is 0.407 e. The number of hydrogen-bond donors (Lipinski definition) is 5. The summed E-state index contributed by atoms with van der Waals surface area (Å²) in [6.45, 7) is 7.94. The largest absolute Gasteiger partial charge is 0.465 e. The van der Waals surface area contributed by atoms with Crippen molar-refractivity contribution in [2.45, 2.75) is 102 Å². The SMILES string of the molecule is COC(=O)N[C@H](C(=O)N1CCC[C@H]1c1nc2cc(F)c([C@H]3CC[C@H](c4cc5[nH]c([C@@H]6CCCN6C(=O)[C@@H](NC(=O)O)C(C)C)nc5cc4F)N3c3cc(F)c(N4CCN(c5c(F)cccc5F)CC4)c(F)c3)cc2[nH]1)C(C)C. The summed E-state index contributed by atoms with van der Waals surface area (Å²) in [5.74, 6) is -5.47. The summed E-state index contributed by atoms with van der Waals surface area (Å²) in [5, 5.41) is 14.4. The minimum atomic E-state index is -1.34. The molecule has 23 heteroatoms. The van der Waals surface area contributed by atoms with Crippen molar-refractivity contribution in [1.82, 2.24) is 40.4 Å². The van der Waals surface area contributed by atoms with Gasteiger partial charge >= 0.3 is 12.2 Å². The molecule has 6 aromatic rings. The maximum Gasteiger partial charge on any atom is 0.407 e. The lowest BCUT2D eigenvalue weighted by Gasteiger charge is -2.38. The van der Waals surface area contributed by atoms with Gasteiger partial charge in [0.05, 0.1) is 53.3 Å². The molecule has 2 aromatic heterocycles. The van der Waals surface area contributed by atoms with Gasteiger partial charge < -0.3 is 54.9 Å². The van der Waals surface area contributed by atoms with Gasteiger partial charge in [-0.3, -0.25) is 9.59 Å². The highest BCUT2D eigenvalue weighted by atomic mass is 19.2. The predicted octanol–water partition coefficient (Wildman–Crippen LogP) is 9.68. The van der Waals surface area contributed by atoms with Gasteiger partial charge in [-0.25, -0.2) is 45.9 Å². The topological polar surface area (TPSA) is 195 Å². The van der Waals surface area contributed by atoms with E-state index < -0.39 is 89.2 Å². The number of ether oxygens (including phenoxy) is 1. The van der Waals surface area contributed by atoms with Crippen LogP contribution in [0, 0.1) is 46.7 Å². The molecule has 4 saturated heterocycles. The average molecular weight is 1090 g/mol. The van der Waals surface area contributed by atoms with Gasteiger partial charge in [-0.15, -0.1) is 0 Å². The van der Waals surface area contributed by atoms with Gasteiger partial charge in [-0.1, -0.05) is 33.8 Å². The fraction of sp³-hybridized carbons (Fsp3) is 0.455. The van der Waals surface area contributed by atoms with Gasteiger partial charge in [0, 0.05) is 68.2 Å². The van der Waals surface area contributed by atoms with E-state index in [4.69, 9.17) is 14.7 Å². The highest BCUT2D eigenvalue weighted by Gasteiger charge is 2.43. The molecule has 0 bridgehead atoms. The Kier molecular flexibility index (Phi) is 14.9. The molecule has 0 unspecified atom stereocenters. The zero-order chi connectivity index (χ0) is 55.4. The van der Waals surface area contributed by atoms with Crippen molar-refractivity contribution in [3.63, 3.8) is 0 Å². The molecule has 6 atom stereocenters. The molecule has 414 valence electrons. The lowest BCUT2D eigenvalue weighted by atomic mass is 10.0. The Hall–Kier alpha value is -7.72. The van der Waals surface area contributed by atoms with Crippen molar-refractivity contribution < 1.29 is 55.4 Å². The third-order valence-corrected chi connectivity index (χ3v) is 15.8. The van der Waals surface area contributed by atoms with E-state index in [1.807, 2.05) is 0 Å². The van der Waals surface area contributed by atoms with Crippen LogP contribution in [0.15, 0.2) is 54.6 Å². The molecule has 5 N–H and O–H groups in total. The van der Waals surface area contributed by atoms with Gasteiger partial charge in [0.25, 0.3) is 0 Å². The number of rotatable bonds is 13. The van der Waals surface area contributed by atoms with Crippen LogP contribution < -0.4 is 25.3 Å². The van der Waals surface area contributed by atoms with E-state index in [-0.39, 0.29) is 96.0 Å². The molecule has 4 aliphatic rings. The minimum absolute atomic E-state index is 0.0157. The number of carbonyl (C=O) groups excluding carboxylic acids is 3. The maximum atomic E-state index is 16.9. The fourth-order valence-electron chi connectivity index (χ4n) is 12.0. The Morgan fingerprint density at radius 2 is 1.03 bits per heavy atom. The summed E-state index contributed by atoms with van der Waals surface area (Å²) >= 11 is 0. The van der Waals surface area contributed by atoms with Gasteiger partial charge in [0.15, 0.2) is 11.6 Å². The van der Waals surface area contributed by atoms with Crippen LogP contribution in [0.2, 0.25) is 0 Å². The first-order valence-electron chi connectivity index (χ1n) is 26.4. The van der Waals surface area contributed by atoms with Crippen molar-refractivity contribution >= 4 is 63.1 Å². The molecule has 78 heavy (non-hydrogen) atoms. The lowest BCUT2D eigenvalue weighted by molar-refractivity contribution is -0.136. The van der Waals surface area contributed by atoms with E-state index in [0.29, 0.717) is 61.5 Å². The normalized spacial score (nSPS) is 20.7. The summed E-state index contributed by atoms with van der Waals surface area (Å²) < 4.78 is 102. The monoisotopic (exact) mass is 1090 g/mol. The third-order valence-electron chi connectivity index (χ3n) is 15.8. The number of methoxy groups -OCH3 is 1. The number of likely N-dealkylation sites (tertiary alicyclic amines) is 2. The molecule has 4 aromatic carbocycles. The fourth-order valence-corrected chi connectivity index (χ4v) is 12.0. The number of alkyl carbamates (subject to hydrolysis) is 1. The number of nitrogens with zero attached hydrogens (tertiary/aromatic N) is 7. The molecular formula is C55H61F6N11O6. The molecule has 17 nitrogen and oxygen atoms in total. The Labute approximate surface area is 445 Å². The quantitative estimate of drug-likeness (QED) is 0.0691. The zero-order valence-corrected chi connectivity index (χ0v) is 43.7. The first kappa shape index (κ1) is 53.7. The molecule has 0 spiro atoms. The number of anilines is 3.